The van der Waals surface area contributed by atoms with Crippen molar-refractivity contribution in [1.29, 1.82) is 0 Å². The van der Waals surface area contributed by atoms with Gasteiger partial charge in [0.05, 0.1) is 5.92 Å². The van der Waals surface area contributed by atoms with Crippen LogP contribution in [-0.2, 0) is 4.79 Å². The second-order valence-electron chi connectivity index (χ2n) is 5.48. The molecule has 3 unspecified atom stereocenters. The fraction of sp³-hybridized carbons (Fsp3) is 0.846. The maximum absolute atomic E-state index is 12.1. The van der Waals surface area contributed by atoms with Crippen LogP contribution in [0, 0.1) is 5.92 Å². The highest BCUT2D eigenvalue weighted by molar-refractivity contribution is 7.99. The first kappa shape index (κ1) is 14.5. The number of carboxylic acids is 1. The summed E-state index contributed by atoms with van der Waals surface area (Å²) < 4.78 is 0. The molecule has 0 radical (unpaired) electrons. The molecular formula is C13H22N2O3S. The van der Waals surface area contributed by atoms with E-state index in [1.807, 2.05) is 18.8 Å². The summed E-state index contributed by atoms with van der Waals surface area (Å²) in [5.41, 5.74) is 0. The van der Waals surface area contributed by atoms with Gasteiger partial charge in [0.15, 0.2) is 0 Å². The van der Waals surface area contributed by atoms with Gasteiger partial charge in [-0.25, -0.2) is 4.79 Å². The lowest BCUT2D eigenvalue weighted by atomic mass is 9.86. The van der Waals surface area contributed by atoms with E-state index in [0.717, 1.165) is 37.2 Å². The van der Waals surface area contributed by atoms with E-state index in [2.05, 4.69) is 5.32 Å². The highest BCUT2D eigenvalue weighted by Gasteiger charge is 2.30. The number of rotatable bonds is 3. The van der Waals surface area contributed by atoms with Crippen molar-refractivity contribution in [3.8, 4) is 0 Å². The lowest BCUT2D eigenvalue weighted by Crippen LogP contribution is -2.49. The number of hydrogen-bond donors (Lipinski definition) is 2. The van der Waals surface area contributed by atoms with Gasteiger partial charge in [0.1, 0.15) is 0 Å². The zero-order chi connectivity index (χ0) is 13.8. The number of carbonyl (C=O) groups excluding carboxylic acids is 1. The first-order valence-electron chi connectivity index (χ1n) is 6.92. The Kier molecular flexibility index (Phi) is 4.96. The summed E-state index contributed by atoms with van der Waals surface area (Å²) in [4.78, 5) is 24.9. The summed E-state index contributed by atoms with van der Waals surface area (Å²) >= 11 is 1.88. The quantitative estimate of drug-likeness (QED) is 0.829. The molecular weight excluding hydrogens is 264 g/mol. The number of carbonyl (C=O) groups is 2. The van der Waals surface area contributed by atoms with Gasteiger partial charge >= 0.3 is 12.0 Å². The van der Waals surface area contributed by atoms with Gasteiger partial charge in [-0.1, -0.05) is 6.42 Å². The molecule has 1 heterocycles. The number of nitrogens with one attached hydrogen (secondary N) is 1. The highest BCUT2D eigenvalue weighted by Crippen LogP contribution is 2.25. The van der Waals surface area contributed by atoms with Crippen molar-refractivity contribution in [2.45, 2.75) is 44.2 Å². The summed E-state index contributed by atoms with van der Waals surface area (Å²) in [7, 11) is 1.84. The molecule has 2 N–H and O–H groups in total. The van der Waals surface area contributed by atoms with Gasteiger partial charge in [0, 0.05) is 24.9 Å². The van der Waals surface area contributed by atoms with Crippen LogP contribution >= 0.6 is 11.8 Å². The van der Waals surface area contributed by atoms with E-state index in [4.69, 9.17) is 5.11 Å². The molecule has 1 aliphatic heterocycles. The number of hydrogen-bond acceptors (Lipinski definition) is 3. The van der Waals surface area contributed by atoms with Gasteiger partial charge in [-0.2, -0.15) is 11.8 Å². The van der Waals surface area contributed by atoms with Crippen molar-refractivity contribution < 1.29 is 14.7 Å². The van der Waals surface area contributed by atoms with Crippen LogP contribution in [0.3, 0.4) is 0 Å². The minimum Gasteiger partial charge on any atom is -0.481 e. The SMILES string of the molecule is CN(C(=O)NC1CCCC(C(=O)O)C1)C1CCSC1. The largest absolute Gasteiger partial charge is 0.481 e. The number of urea groups is 1. The Morgan fingerprint density at radius 2 is 2.11 bits per heavy atom. The molecule has 108 valence electrons. The first-order valence-corrected chi connectivity index (χ1v) is 8.07. The molecule has 3 atom stereocenters. The molecule has 1 saturated heterocycles. The van der Waals surface area contributed by atoms with E-state index in [1.165, 1.54) is 0 Å². The second kappa shape index (κ2) is 6.50. The van der Waals surface area contributed by atoms with Crippen molar-refractivity contribution in [3.05, 3.63) is 0 Å². The molecule has 1 aliphatic carbocycles. The van der Waals surface area contributed by atoms with Crippen molar-refractivity contribution in [2.75, 3.05) is 18.6 Å². The molecule has 2 amide bonds. The molecule has 0 bridgehead atoms. The van der Waals surface area contributed by atoms with Gasteiger partial charge in [-0.15, -0.1) is 0 Å². The lowest BCUT2D eigenvalue weighted by Gasteiger charge is -2.31. The molecule has 0 aromatic heterocycles. The number of thioether (sulfide) groups is 1. The van der Waals surface area contributed by atoms with E-state index >= 15 is 0 Å². The Morgan fingerprint density at radius 1 is 1.32 bits per heavy atom. The number of carboxylic acid groups (broad SMARTS) is 1. The minimum atomic E-state index is -0.737. The Hall–Kier alpha value is -0.910. The van der Waals surface area contributed by atoms with Crippen LogP contribution in [0.2, 0.25) is 0 Å². The van der Waals surface area contributed by atoms with Crippen LogP contribution in [0.15, 0.2) is 0 Å². The molecule has 5 nitrogen and oxygen atoms in total. The van der Waals surface area contributed by atoms with Crippen LogP contribution < -0.4 is 5.32 Å². The molecule has 2 aliphatic rings. The van der Waals surface area contributed by atoms with E-state index in [0.29, 0.717) is 12.5 Å². The zero-order valence-corrected chi connectivity index (χ0v) is 12.1. The number of aliphatic carboxylic acids is 1. The number of nitrogens with zero attached hydrogens (tertiary/aromatic N) is 1. The molecule has 0 aromatic rings. The fourth-order valence-electron chi connectivity index (χ4n) is 2.81. The molecule has 19 heavy (non-hydrogen) atoms. The Bertz CT molecular complexity index is 345. The summed E-state index contributed by atoms with van der Waals surface area (Å²) in [6.07, 6.45) is 4.12. The fourth-order valence-corrected chi connectivity index (χ4v) is 4.08. The first-order chi connectivity index (χ1) is 9.08. The molecule has 1 saturated carbocycles. The van der Waals surface area contributed by atoms with E-state index in [1.54, 1.807) is 4.90 Å². The summed E-state index contributed by atoms with van der Waals surface area (Å²) in [5.74, 6) is 1.09. The maximum Gasteiger partial charge on any atom is 0.317 e. The van der Waals surface area contributed by atoms with Gasteiger partial charge in [-0.3, -0.25) is 4.79 Å². The predicted octanol–water partition coefficient (Wildman–Crippen LogP) is 1.78. The predicted molar refractivity (Wildman–Crippen MR) is 75.4 cm³/mol. The van der Waals surface area contributed by atoms with E-state index < -0.39 is 5.97 Å². The second-order valence-corrected chi connectivity index (χ2v) is 6.63. The summed E-state index contributed by atoms with van der Waals surface area (Å²) in [6.45, 7) is 0. The Morgan fingerprint density at radius 3 is 2.74 bits per heavy atom. The average Bonchev–Trinajstić information content (AvgIpc) is 2.92. The molecule has 0 spiro atoms. The molecule has 0 aromatic carbocycles. The van der Waals surface area contributed by atoms with Crippen molar-refractivity contribution >= 4 is 23.8 Å². The average molecular weight is 286 g/mol. The lowest BCUT2D eigenvalue weighted by molar-refractivity contribution is -0.143. The van der Waals surface area contributed by atoms with Crippen LogP contribution in [0.25, 0.3) is 0 Å². The van der Waals surface area contributed by atoms with Gasteiger partial charge in [0.25, 0.3) is 0 Å². The Labute approximate surface area is 118 Å². The maximum atomic E-state index is 12.1. The van der Waals surface area contributed by atoms with Crippen LogP contribution in [0.1, 0.15) is 32.1 Å². The summed E-state index contributed by atoms with van der Waals surface area (Å²) in [5, 5.41) is 12.0. The minimum absolute atomic E-state index is 0.0128. The molecule has 2 rings (SSSR count). The highest BCUT2D eigenvalue weighted by atomic mass is 32.2. The third kappa shape index (κ3) is 3.78. The number of amides is 2. The third-order valence-corrected chi connectivity index (χ3v) is 5.27. The van der Waals surface area contributed by atoms with E-state index in [-0.39, 0.29) is 18.0 Å². The molecule has 6 heteroatoms. The normalized spacial score (nSPS) is 30.9. The van der Waals surface area contributed by atoms with Crippen LogP contribution in [0.4, 0.5) is 4.79 Å². The smallest absolute Gasteiger partial charge is 0.317 e. The Balaban J connectivity index is 1.82. The molecule has 2 fully saturated rings. The topological polar surface area (TPSA) is 69.6 Å². The van der Waals surface area contributed by atoms with Crippen LogP contribution in [0.5, 0.6) is 0 Å². The van der Waals surface area contributed by atoms with Gasteiger partial charge in [0.2, 0.25) is 0 Å². The zero-order valence-electron chi connectivity index (χ0n) is 11.3. The van der Waals surface area contributed by atoms with Crippen LogP contribution in [-0.4, -0.2) is 52.6 Å². The standard InChI is InChI=1S/C13H22N2O3S/c1-15(11-5-6-19-8-11)13(18)14-10-4-2-3-9(7-10)12(16)17/h9-11H,2-8H2,1H3,(H,14,18)(H,16,17). The van der Waals surface area contributed by atoms with E-state index in [9.17, 15) is 9.59 Å². The third-order valence-electron chi connectivity index (χ3n) is 4.12. The van der Waals surface area contributed by atoms with Crippen molar-refractivity contribution in [2.24, 2.45) is 5.92 Å². The van der Waals surface area contributed by atoms with Gasteiger partial charge in [-0.05, 0) is 31.4 Å². The monoisotopic (exact) mass is 286 g/mol. The van der Waals surface area contributed by atoms with Crippen molar-refractivity contribution in [1.82, 2.24) is 10.2 Å². The van der Waals surface area contributed by atoms with Crippen molar-refractivity contribution in [3.63, 3.8) is 0 Å². The van der Waals surface area contributed by atoms with Gasteiger partial charge < -0.3 is 15.3 Å². The summed E-state index contributed by atoms with van der Waals surface area (Å²) in [6, 6.07) is 0.284.